The standard InChI is InChI=1S/C31H31N9O3S/c1-36-10-12-37(13-11-36)25-19-44-26-14-20(6-7-22(25)26)34-31-33-17-23-28(35-31)40-21-15-24-29(32-16-21)43-18-27(41)38(24)8-4-2-3-5-9-39(40)30(23)42/h3,5-7,14-17,19H,2,4,8-13,18H2,1H3,(H,33,34,35)/b5-3-. The number of amides is 1. The molecule has 0 spiro atoms. The summed E-state index contributed by atoms with van der Waals surface area (Å²) in [6.45, 7) is 5.05. The number of fused-ring (bicyclic) bond motifs is 6. The molecule has 1 N–H and O–H groups in total. The number of aromatic nitrogens is 5. The number of piperazine rings is 1. The van der Waals surface area contributed by atoms with E-state index >= 15 is 0 Å². The normalized spacial score (nSPS) is 18.1. The van der Waals surface area contributed by atoms with Gasteiger partial charge < -0.3 is 24.8 Å². The highest BCUT2D eigenvalue weighted by Crippen LogP contribution is 2.36. The molecule has 13 heteroatoms. The van der Waals surface area contributed by atoms with Crippen molar-refractivity contribution in [1.29, 1.82) is 0 Å². The Morgan fingerprint density at radius 3 is 2.73 bits per heavy atom. The van der Waals surface area contributed by atoms with Gasteiger partial charge in [0, 0.05) is 60.1 Å². The monoisotopic (exact) mass is 609 g/mol. The smallest absolute Gasteiger partial charge is 0.278 e. The number of nitrogens with one attached hydrogen (secondary N) is 1. The van der Waals surface area contributed by atoms with Gasteiger partial charge in [-0.1, -0.05) is 12.2 Å². The van der Waals surface area contributed by atoms with E-state index in [1.54, 1.807) is 38.0 Å². The molecular weight excluding hydrogens is 578 g/mol. The van der Waals surface area contributed by atoms with Crippen LogP contribution in [0.4, 0.5) is 23.0 Å². The Morgan fingerprint density at radius 2 is 1.84 bits per heavy atom. The number of nitrogens with zero attached hydrogens (tertiary/aromatic N) is 8. The van der Waals surface area contributed by atoms with Crippen molar-refractivity contribution in [2.75, 3.05) is 61.5 Å². The molecule has 4 aromatic heterocycles. The van der Waals surface area contributed by atoms with Gasteiger partial charge in [-0.25, -0.2) is 19.3 Å². The molecule has 2 bridgehead atoms. The predicted molar refractivity (Wildman–Crippen MR) is 172 cm³/mol. The van der Waals surface area contributed by atoms with Crippen LogP contribution in [0.2, 0.25) is 0 Å². The number of anilines is 4. The van der Waals surface area contributed by atoms with E-state index in [0.717, 1.165) is 44.7 Å². The highest BCUT2D eigenvalue weighted by atomic mass is 32.1. The van der Waals surface area contributed by atoms with Crippen LogP contribution in [0.1, 0.15) is 12.8 Å². The molecule has 0 radical (unpaired) electrons. The summed E-state index contributed by atoms with van der Waals surface area (Å²) >= 11 is 1.73. The van der Waals surface area contributed by atoms with E-state index in [1.165, 1.54) is 15.8 Å². The fourth-order valence-corrected chi connectivity index (χ4v) is 7.14. The second-order valence-electron chi connectivity index (χ2n) is 11.3. The van der Waals surface area contributed by atoms with Crippen molar-refractivity contribution in [3.8, 4) is 11.6 Å². The van der Waals surface area contributed by atoms with E-state index in [4.69, 9.17) is 9.72 Å². The van der Waals surface area contributed by atoms with E-state index in [1.807, 2.05) is 24.3 Å². The average Bonchev–Trinajstić information content (AvgIpc) is 3.57. The van der Waals surface area contributed by atoms with Crippen molar-refractivity contribution in [2.45, 2.75) is 19.4 Å². The molecule has 12 nitrogen and oxygen atoms in total. The summed E-state index contributed by atoms with van der Waals surface area (Å²) in [7, 11) is 2.17. The van der Waals surface area contributed by atoms with Crippen molar-refractivity contribution < 1.29 is 9.53 Å². The summed E-state index contributed by atoms with van der Waals surface area (Å²) in [6.07, 6.45) is 8.81. The molecule has 1 amide bonds. The molecule has 44 heavy (non-hydrogen) atoms. The van der Waals surface area contributed by atoms with Gasteiger partial charge in [0.2, 0.25) is 11.8 Å². The van der Waals surface area contributed by atoms with Crippen LogP contribution in [0.3, 0.4) is 0 Å². The molecular formula is C31H31N9O3S. The van der Waals surface area contributed by atoms with Crippen LogP contribution >= 0.6 is 11.3 Å². The number of hydrogen-bond donors (Lipinski definition) is 1. The third-order valence-electron chi connectivity index (χ3n) is 8.51. The summed E-state index contributed by atoms with van der Waals surface area (Å²) in [6, 6.07) is 8.16. The van der Waals surface area contributed by atoms with Crippen LogP contribution < -0.4 is 25.4 Å². The SMILES string of the molecule is CN1CCN(c2csc3cc(Nc4ncc5c(=O)n6n(c5n4)-c4cnc5c(c4)N(CCC/C=C\C6)C(=O)CO5)ccc23)CC1. The molecule has 0 saturated carbocycles. The predicted octanol–water partition coefficient (Wildman–Crippen LogP) is 3.76. The van der Waals surface area contributed by atoms with Crippen molar-refractivity contribution >= 4 is 61.4 Å². The van der Waals surface area contributed by atoms with E-state index in [-0.39, 0.29) is 18.1 Å². The number of carbonyl (C=O) groups excluding carboxylic acids is 1. The van der Waals surface area contributed by atoms with Gasteiger partial charge in [0.05, 0.1) is 24.1 Å². The summed E-state index contributed by atoms with van der Waals surface area (Å²) in [4.78, 5) is 46.7. The first-order chi connectivity index (χ1) is 21.5. The number of allylic oxidation sites excluding steroid dienone is 2. The maximum atomic E-state index is 13.6. The fraction of sp³-hybridized carbons (Fsp3) is 0.323. The molecule has 1 aromatic carbocycles. The van der Waals surface area contributed by atoms with Gasteiger partial charge in [-0.15, -0.1) is 11.3 Å². The summed E-state index contributed by atoms with van der Waals surface area (Å²) in [5, 5.41) is 7.23. The van der Waals surface area contributed by atoms with Crippen LogP contribution in [0.5, 0.6) is 5.88 Å². The maximum absolute atomic E-state index is 13.6. The molecule has 0 aliphatic carbocycles. The van der Waals surface area contributed by atoms with Crippen molar-refractivity contribution in [1.82, 2.24) is 29.2 Å². The van der Waals surface area contributed by atoms with Gasteiger partial charge in [-0.2, -0.15) is 4.98 Å². The first-order valence-corrected chi connectivity index (χ1v) is 15.7. The second kappa shape index (κ2) is 10.8. The molecule has 8 rings (SSSR count). The van der Waals surface area contributed by atoms with Crippen molar-refractivity contribution in [3.63, 3.8) is 0 Å². The topological polar surface area (TPSA) is 114 Å². The molecule has 224 valence electrons. The summed E-state index contributed by atoms with van der Waals surface area (Å²) in [5.74, 6) is 0.670. The van der Waals surface area contributed by atoms with Gasteiger partial charge in [0.25, 0.3) is 11.5 Å². The Labute approximate surface area is 256 Å². The first kappa shape index (κ1) is 26.8. The number of likely N-dealkylation sites (N-methyl/N-ethyl adjacent to an activating group) is 1. The third-order valence-corrected chi connectivity index (χ3v) is 9.45. The number of pyridine rings is 1. The van der Waals surface area contributed by atoms with Gasteiger partial charge in [0.15, 0.2) is 12.3 Å². The van der Waals surface area contributed by atoms with Crippen molar-refractivity contribution in [2.24, 2.45) is 0 Å². The Bertz CT molecular complexity index is 2000. The zero-order valence-electron chi connectivity index (χ0n) is 24.3. The van der Waals surface area contributed by atoms with Crippen LogP contribution in [-0.4, -0.2) is 81.5 Å². The molecule has 0 unspecified atom stereocenters. The van der Waals surface area contributed by atoms with E-state index in [9.17, 15) is 9.59 Å². The minimum Gasteiger partial charge on any atom is -0.466 e. The molecule has 1 fully saturated rings. The number of ether oxygens (including phenoxy) is 1. The first-order valence-electron chi connectivity index (χ1n) is 14.8. The Hall–Kier alpha value is -4.75. The van der Waals surface area contributed by atoms with Crippen molar-refractivity contribution in [3.05, 3.63) is 64.5 Å². The third kappa shape index (κ3) is 4.59. The molecule has 3 aliphatic rings. The van der Waals surface area contributed by atoms with Gasteiger partial charge in [-0.05, 0) is 44.2 Å². The summed E-state index contributed by atoms with van der Waals surface area (Å²) < 4.78 is 10.2. The summed E-state index contributed by atoms with van der Waals surface area (Å²) in [5.41, 5.74) is 3.59. The lowest BCUT2D eigenvalue weighted by Gasteiger charge is -2.33. The van der Waals surface area contributed by atoms with Crippen LogP contribution in [0, 0.1) is 0 Å². The minimum absolute atomic E-state index is 0.0387. The average molecular weight is 610 g/mol. The molecule has 7 heterocycles. The zero-order chi connectivity index (χ0) is 29.8. The van der Waals surface area contributed by atoms with Gasteiger partial charge in [-0.3, -0.25) is 9.59 Å². The number of carbonyl (C=O) groups is 1. The van der Waals surface area contributed by atoms with E-state index in [0.29, 0.717) is 47.3 Å². The highest BCUT2D eigenvalue weighted by molar-refractivity contribution is 7.17. The molecule has 5 aromatic rings. The minimum atomic E-state index is -0.202. The quantitative estimate of drug-likeness (QED) is 0.306. The molecule has 3 aliphatic heterocycles. The van der Waals surface area contributed by atoms with Gasteiger partial charge >= 0.3 is 0 Å². The Balaban J connectivity index is 1.18. The van der Waals surface area contributed by atoms with Gasteiger partial charge in [0.1, 0.15) is 11.1 Å². The lowest BCUT2D eigenvalue weighted by molar-refractivity contribution is -0.121. The molecule has 0 atom stereocenters. The second-order valence-corrected chi connectivity index (χ2v) is 12.3. The lowest BCUT2D eigenvalue weighted by Crippen LogP contribution is -2.44. The maximum Gasteiger partial charge on any atom is 0.278 e. The lowest BCUT2D eigenvalue weighted by atomic mass is 10.2. The van der Waals surface area contributed by atoms with Crippen LogP contribution in [0.15, 0.2) is 59.0 Å². The van der Waals surface area contributed by atoms with Crippen LogP contribution in [-0.2, 0) is 11.3 Å². The number of thiophene rings is 1. The number of benzene rings is 1. The number of rotatable bonds is 3. The van der Waals surface area contributed by atoms with Crippen LogP contribution in [0.25, 0.3) is 26.8 Å². The largest absolute Gasteiger partial charge is 0.466 e. The fourth-order valence-electron chi connectivity index (χ4n) is 6.13. The van der Waals surface area contributed by atoms with E-state index < -0.39 is 0 Å². The number of hydrogen-bond acceptors (Lipinski definition) is 10. The van der Waals surface area contributed by atoms with E-state index in [2.05, 4.69) is 49.6 Å². The molecule has 1 saturated heterocycles. The zero-order valence-corrected chi connectivity index (χ0v) is 25.1. The Kier molecular flexibility index (Phi) is 6.56. The highest BCUT2D eigenvalue weighted by Gasteiger charge is 2.28. The Morgan fingerprint density at radius 1 is 0.955 bits per heavy atom.